The average Bonchev–Trinajstić information content (AvgIpc) is 2.74. The summed E-state index contributed by atoms with van der Waals surface area (Å²) in [5.41, 5.74) is 2.31. The zero-order valence-corrected chi connectivity index (χ0v) is 12.1. The van der Waals surface area contributed by atoms with E-state index in [0.717, 1.165) is 36.5 Å². The number of imidazole rings is 1. The molecular formula is C15H24N4. The first-order valence-electron chi connectivity index (χ1n) is 6.98. The van der Waals surface area contributed by atoms with Crippen LogP contribution in [0.4, 0.5) is 5.95 Å². The largest absolute Gasteiger partial charge is 0.356 e. The van der Waals surface area contributed by atoms with Gasteiger partial charge in [-0.05, 0) is 52.3 Å². The van der Waals surface area contributed by atoms with Crippen LogP contribution in [0.1, 0.15) is 33.6 Å². The number of hydrogen-bond donors (Lipinski definition) is 3. The van der Waals surface area contributed by atoms with E-state index >= 15 is 0 Å². The molecule has 3 N–H and O–H groups in total. The summed E-state index contributed by atoms with van der Waals surface area (Å²) < 4.78 is 0. The molecule has 0 radical (unpaired) electrons. The van der Waals surface area contributed by atoms with Crippen LogP contribution in [0, 0.1) is 0 Å². The topological polar surface area (TPSA) is 52.7 Å². The van der Waals surface area contributed by atoms with Crippen LogP contribution in [-0.4, -0.2) is 28.6 Å². The second kappa shape index (κ2) is 6.06. The van der Waals surface area contributed by atoms with E-state index in [0.29, 0.717) is 0 Å². The predicted octanol–water partition coefficient (Wildman–Crippen LogP) is 3.14. The predicted molar refractivity (Wildman–Crippen MR) is 81.6 cm³/mol. The van der Waals surface area contributed by atoms with Crippen molar-refractivity contribution in [3.63, 3.8) is 0 Å². The Balaban J connectivity index is 1.68. The zero-order chi connectivity index (χ0) is 13.7. The van der Waals surface area contributed by atoms with Crippen molar-refractivity contribution in [1.82, 2.24) is 15.3 Å². The van der Waals surface area contributed by atoms with E-state index in [9.17, 15) is 0 Å². The minimum atomic E-state index is 0.214. The van der Waals surface area contributed by atoms with Gasteiger partial charge in [0.1, 0.15) is 0 Å². The van der Waals surface area contributed by atoms with Gasteiger partial charge in [0.05, 0.1) is 11.0 Å². The number of anilines is 1. The lowest BCUT2D eigenvalue weighted by molar-refractivity contribution is 0.420. The number of unbranched alkanes of at least 4 members (excludes halogenated alkanes) is 1. The molecule has 4 nitrogen and oxygen atoms in total. The van der Waals surface area contributed by atoms with Crippen molar-refractivity contribution in [1.29, 1.82) is 0 Å². The fraction of sp³-hybridized carbons (Fsp3) is 0.533. The molecular weight excluding hydrogens is 236 g/mol. The molecule has 0 bridgehead atoms. The Morgan fingerprint density at radius 3 is 2.58 bits per heavy atom. The Bertz CT molecular complexity index is 477. The molecule has 1 aromatic carbocycles. The minimum Gasteiger partial charge on any atom is -0.356 e. The molecule has 0 aliphatic rings. The van der Waals surface area contributed by atoms with Crippen molar-refractivity contribution in [2.24, 2.45) is 0 Å². The van der Waals surface area contributed by atoms with Crippen LogP contribution in [0.15, 0.2) is 24.3 Å². The molecule has 0 aliphatic heterocycles. The lowest BCUT2D eigenvalue weighted by Gasteiger charge is -2.20. The van der Waals surface area contributed by atoms with Gasteiger partial charge >= 0.3 is 0 Å². The summed E-state index contributed by atoms with van der Waals surface area (Å²) in [4.78, 5) is 7.76. The van der Waals surface area contributed by atoms with Crippen LogP contribution < -0.4 is 10.6 Å². The van der Waals surface area contributed by atoms with Gasteiger partial charge in [0, 0.05) is 12.1 Å². The second-order valence-corrected chi connectivity index (χ2v) is 5.91. The van der Waals surface area contributed by atoms with Crippen LogP contribution in [-0.2, 0) is 0 Å². The summed E-state index contributed by atoms with van der Waals surface area (Å²) in [6.07, 6.45) is 2.31. The average molecular weight is 260 g/mol. The maximum Gasteiger partial charge on any atom is 0.201 e. The van der Waals surface area contributed by atoms with Gasteiger partial charge in [-0.15, -0.1) is 0 Å². The van der Waals surface area contributed by atoms with Crippen LogP contribution in [0.2, 0.25) is 0 Å². The van der Waals surface area contributed by atoms with Crippen molar-refractivity contribution in [2.45, 2.75) is 39.2 Å². The lowest BCUT2D eigenvalue weighted by atomic mass is 10.1. The molecule has 0 saturated heterocycles. The van der Waals surface area contributed by atoms with Crippen molar-refractivity contribution in [3.05, 3.63) is 24.3 Å². The van der Waals surface area contributed by atoms with Crippen molar-refractivity contribution < 1.29 is 0 Å². The Labute approximate surface area is 115 Å². The third-order valence-electron chi connectivity index (χ3n) is 2.94. The first-order valence-corrected chi connectivity index (χ1v) is 6.98. The number of fused-ring (bicyclic) bond motifs is 1. The monoisotopic (exact) mass is 260 g/mol. The molecule has 0 aliphatic carbocycles. The van der Waals surface area contributed by atoms with E-state index in [4.69, 9.17) is 0 Å². The number of nitrogens with zero attached hydrogens (tertiary/aromatic N) is 1. The van der Waals surface area contributed by atoms with Gasteiger partial charge < -0.3 is 15.6 Å². The zero-order valence-electron chi connectivity index (χ0n) is 12.1. The number of rotatable bonds is 6. The van der Waals surface area contributed by atoms with E-state index in [-0.39, 0.29) is 5.54 Å². The van der Waals surface area contributed by atoms with Crippen LogP contribution >= 0.6 is 0 Å². The third-order valence-corrected chi connectivity index (χ3v) is 2.94. The van der Waals surface area contributed by atoms with Gasteiger partial charge in [-0.3, -0.25) is 0 Å². The number of aromatic amines is 1. The lowest BCUT2D eigenvalue weighted by Crippen LogP contribution is -2.36. The highest BCUT2D eigenvalue weighted by Gasteiger charge is 2.07. The highest BCUT2D eigenvalue weighted by Crippen LogP contribution is 2.13. The molecule has 0 amide bonds. The molecule has 0 fully saturated rings. The summed E-state index contributed by atoms with van der Waals surface area (Å²) in [5.74, 6) is 0.866. The van der Waals surface area contributed by atoms with E-state index in [1.807, 2.05) is 24.3 Å². The number of benzene rings is 1. The van der Waals surface area contributed by atoms with Gasteiger partial charge in [-0.2, -0.15) is 0 Å². The maximum atomic E-state index is 4.49. The number of nitrogens with one attached hydrogen (secondary N) is 3. The highest BCUT2D eigenvalue weighted by atomic mass is 15.1. The first kappa shape index (κ1) is 13.9. The van der Waals surface area contributed by atoms with Gasteiger partial charge in [-0.1, -0.05) is 12.1 Å². The van der Waals surface area contributed by atoms with E-state index in [2.05, 4.69) is 41.4 Å². The molecule has 0 saturated carbocycles. The number of H-pyrrole nitrogens is 1. The molecule has 4 heteroatoms. The number of hydrogen-bond acceptors (Lipinski definition) is 3. The van der Waals surface area contributed by atoms with Crippen molar-refractivity contribution >= 4 is 17.0 Å². The van der Waals surface area contributed by atoms with Gasteiger partial charge in [0.2, 0.25) is 5.95 Å². The fourth-order valence-electron chi connectivity index (χ4n) is 1.96. The summed E-state index contributed by atoms with van der Waals surface area (Å²) >= 11 is 0. The number of para-hydroxylation sites is 2. The molecule has 0 unspecified atom stereocenters. The van der Waals surface area contributed by atoms with Crippen LogP contribution in [0.25, 0.3) is 11.0 Å². The fourth-order valence-corrected chi connectivity index (χ4v) is 1.96. The summed E-state index contributed by atoms with van der Waals surface area (Å²) in [5, 5.41) is 6.83. The Kier molecular flexibility index (Phi) is 4.43. The van der Waals surface area contributed by atoms with Crippen molar-refractivity contribution in [2.75, 3.05) is 18.4 Å². The molecule has 1 aromatic heterocycles. The Hall–Kier alpha value is -1.55. The molecule has 2 aromatic rings. The number of aromatic nitrogens is 2. The molecule has 104 valence electrons. The van der Waals surface area contributed by atoms with Crippen LogP contribution in [0.3, 0.4) is 0 Å². The second-order valence-electron chi connectivity index (χ2n) is 5.91. The molecule has 2 rings (SSSR count). The Morgan fingerprint density at radius 2 is 1.84 bits per heavy atom. The molecule has 1 heterocycles. The van der Waals surface area contributed by atoms with Gasteiger partial charge in [0.25, 0.3) is 0 Å². The summed E-state index contributed by atoms with van der Waals surface area (Å²) in [7, 11) is 0. The summed E-state index contributed by atoms with van der Waals surface area (Å²) in [6, 6.07) is 8.08. The van der Waals surface area contributed by atoms with E-state index in [1.165, 1.54) is 6.42 Å². The van der Waals surface area contributed by atoms with Gasteiger partial charge in [-0.25, -0.2) is 4.98 Å². The molecule has 19 heavy (non-hydrogen) atoms. The molecule has 0 atom stereocenters. The Morgan fingerprint density at radius 1 is 1.11 bits per heavy atom. The van der Waals surface area contributed by atoms with E-state index < -0.39 is 0 Å². The van der Waals surface area contributed by atoms with Gasteiger partial charge in [0.15, 0.2) is 0 Å². The third kappa shape index (κ3) is 4.56. The highest BCUT2D eigenvalue weighted by molar-refractivity contribution is 5.77. The van der Waals surface area contributed by atoms with Crippen molar-refractivity contribution in [3.8, 4) is 0 Å². The first-order chi connectivity index (χ1) is 9.04. The molecule has 0 spiro atoms. The smallest absolute Gasteiger partial charge is 0.201 e. The standard InChI is InChI=1S/C15H24N4/c1-15(2,3)17-11-7-6-10-16-14-18-12-8-4-5-9-13(12)19-14/h4-5,8-9,17H,6-7,10-11H2,1-3H3,(H2,16,18,19). The normalized spacial score (nSPS) is 11.9. The quantitative estimate of drug-likeness (QED) is 0.699. The van der Waals surface area contributed by atoms with Crippen LogP contribution in [0.5, 0.6) is 0 Å². The minimum absolute atomic E-state index is 0.214. The SMILES string of the molecule is CC(C)(C)NCCCCNc1nc2ccccc2[nH]1. The summed E-state index contributed by atoms with van der Waals surface area (Å²) in [6.45, 7) is 8.59. The van der Waals surface area contributed by atoms with E-state index in [1.54, 1.807) is 0 Å². The maximum absolute atomic E-state index is 4.49.